The maximum atomic E-state index is 5.91. The quantitative estimate of drug-likeness (QED) is 0.648. The summed E-state index contributed by atoms with van der Waals surface area (Å²) in [5, 5.41) is 6.82. The van der Waals surface area contributed by atoms with Crippen molar-refractivity contribution < 1.29 is 0 Å². The average Bonchev–Trinajstić information content (AvgIpc) is 2.94. The number of imidazole rings is 1. The topological polar surface area (TPSA) is 93.7 Å². The minimum absolute atomic E-state index is 0.320. The molecule has 0 amide bonds. The molecule has 3 heterocycles. The van der Waals surface area contributed by atoms with Crippen molar-refractivity contribution >= 4 is 11.8 Å². The van der Waals surface area contributed by atoms with Crippen LogP contribution in [0, 0.1) is 0 Å². The number of hydrogen-bond acceptors (Lipinski definition) is 6. The van der Waals surface area contributed by atoms with Crippen molar-refractivity contribution in [3.05, 3.63) is 65.4 Å². The maximum Gasteiger partial charge on any atom is 0.222 e. The Morgan fingerprint density at radius 1 is 1.12 bits per heavy atom. The number of rotatable bonds is 5. The third kappa shape index (κ3) is 3.67. The van der Waals surface area contributed by atoms with Gasteiger partial charge in [-0.3, -0.25) is 0 Å². The third-order valence-corrected chi connectivity index (χ3v) is 4.61. The van der Waals surface area contributed by atoms with E-state index in [1.165, 1.54) is 5.56 Å². The Labute approximate surface area is 152 Å². The van der Waals surface area contributed by atoms with Gasteiger partial charge in [0.1, 0.15) is 11.6 Å². The van der Waals surface area contributed by atoms with Crippen LogP contribution in [-0.2, 0) is 25.9 Å². The Hall–Kier alpha value is -2.93. The molecular formula is C19H23N7. The number of anilines is 2. The zero-order chi connectivity index (χ0) is 17.8. The van der Waals surface area contributed by atoms with Crippen molar-refractivity contribution in [2.75, 3.05) is 24.1 Å². The van der Waals surface area contributed by atoms with Crippen molar-refractivity contribution in [2.24, 2.45) is 0 Å². The first-order valence-corrected chi connectivity index (χ1v) is 8.93. The fourth-order valence-corrected chi connectivity index (χ4v) is 3.30. The highest BCUT2D eigenvalue weighted by Gasteiger charge is 2.16. The molecule has 4 N–H and O–H groups in total. The molecular weight excluding hydrogens is 326 g/mol. The second kappa shape index (κ2) is 7.53. The SMILES string of the molecule is Nc1nc2c(c(NCc3nccn3Cc3ccccc3)n1)CCNCC2. The third-order valence-electron chi connectivity index (χ3n) is 4.61. The summed E-state index contributed by atoms with van der Waals surface area (Å²) < 4.78 is 2.15. The summed E-state index contributed by atoms with van der Waals surface area (Å²) in [6.07, 6.45) is 5.61. The van der Waals surface area contributed by atoms with Crippen LogP contribution in [0.2, 0.25) is 0 Å². The maximum absolute atomic E-state index is 5.91. The Morgan fingerprint density at radius 3 is 2.85 bits per heavy atom. The van der Waals surface area contributed by atoms with Gasteiger partial charge in [-0.25, -0.2) is 9.97 Å². The molecule has 2 aromatic heterocycles. The van der Waals surface area contributed by atoms with Crippen LogP contribution in [0.4, 0.5) is 11.8 Å². The molecule has 0 aliphatic carbocycles. The summed E-state index contributed by atoms with van der Waals surface area (Å²) in [5.74, 6) is 2.11. The molecule has 0 atom stereocenters. The lowest BCUT2D eigenvalue weighted by Gasteiger charge is -2.14. The Bertz CT molecular complexity index is 873. The Morgan fingerprint density at radius 2 is 1.96 bits per heavy atom. The van der Waals surface area contributed by atoms with E-state index in [2.05, 4.69) is 54.4 Å². The van der Waals surface area contributed by atoms with Gasteiger partial charge >= 0.3 is 0 Å². The van der Waals surface area contributed by atoms with E-state index in [1.54, 1.807) is 0 Å². The number of aromatic nitrogens is 4. The van der Waals surface area contributed by atoms with Crippen molar-refractivity contribution in [2.45, 2.75) is 25.9 Å². The van der Waals surface area contributed by atoms with Crippen molar-refractivity contribution in [1.82, 2.24) is 24.8 Å². The first kappa shape index (κ1) is 16.5. The molecule has 0 fully saturated rings. The molecule has 4 rings (SSSR count). The standard InChI is InChI=1S/C19H23N7/c20-19-24-16-7-9-21-8-6-15(16)18(25-19)23-12-17-22-10-11-26(17)13-14-4-2-1-3-5-14/h1-5,10-11,21H,6-9,12-13H2,(H3,20,23,24,25). The van der Waals surface area contributed by atoms with Crippen LogP contribution in [0.3, 0.4) is 0 Å². The second-order valence-corrected chi connectivity index (χ2v) is 6.42. The number of hydrogen-bond donors (Lipinski definition) is 3. The van der Waals surface area contributed by atoms with Gasteiger partial charge in [0.25, 0.3) is 0 Å². The van der Waals surface area contributed by atoms with E-state index < -0.39 is 0 Å². The van der Waals surface area contributed by atoms with Crippen molar-refractivity contribution in [3.63, 3.8) is 0 Å². The van der Waals surface area contributed by atoms with Crippen LogP contribution in [0.1, 0.15) is 22.6 Å². The van der Waals surface area contributed by atoms with E-state index in [0.717, 1.165) is 55.4 Å². The molecule has 1 aliphatic heterocycles. The molecule has 0 saturated carbocycles. The molecule has 0 unspecified atom stereocenters. The number of benzene rings is 1. The van der Waals surface area contributed by atoms with E-state index in [0.29, 0.717) is 12.5 Å². The summed E-state index contributed by atoms with van der Waals surface area (Å²) >= 11 is 0. The molecule has 1 aliphatic rings. The van der Waals surface area contributed by atoms with Crippen LogP contribution in [0.5, 0.6) is 0 Å². The van der Waals surface area contributed by atoms with E-state index in [9.17, 15) is 0 Å². The number of nitrogens with one attached hydrogen (secondary N) is 2. The van der Waals surface area contributed by atoms with Gasteiger partial charge in [0, 0.05) is 37.5 Å². The zero-order valence-electron chi connectivity index (χ0n) is 14.7. The first-order valence-electron chi connectivity index (χ1n) is 8.93. The molecule has 7 nitrogen and oxygen atoms in total. The van der Waals surface area contributed by atoms with Gasteiger partial charge in [-0.2, -0.15) is 4.98 Å². The van der Waals surface area contributed by atoms with Crippen molar-refractivity contribution in [1.29, 1.82) is 0 Å². The van der Waals surface area contributed by atoms with Gasteiger partial charge in [-0.05, 0) is 18.5 Å². The summed E-state index contributed by atoms with van der Waals surface area (Å²) in [7, 11) is 0. The molecule has 134 valence electrons. The summed E-state index contributed by atoms with van der Waals surface area (Å²) in [5.41, 5.74) is 9.36. The van der Waals surface area contributed by atoms with Gasteiger partial charge in [-0.15, -0.1) is 0 Å². The van der Waals surface area contributed by atoms with E-state index >= 15 is 0 Å². The van der Waals surface area contributed by atoms with Crippen LogP contribution in [0.15, 0.2) is 42.7 Å². The molecule has 3 aromatic rings. The average molecular weight is 349 g/mol. The number of nitrogens with zero attached hydrogens (tertiary/aromatic N) is 4. The van der Waals surface area contributed by atoms with E-state index in [1.807, 2.05) is 18.5 Å². The predicted molar refractivity (Wildman–Crippen MR) is 102 cm³/mol. The summed E-state index contributed by atoms with van der Waals surface area (Å²) in [6, 6.07) is 10.4. The smallest absolute Gasteiger partial charge is 0.222 e. The summed E-state index contributed by atoms with van der Waals surface area (Å²) in [4.78, 5) is 13.3. The molecule has 1 aromatic carbocycles. The summed E-state index contributed by atoms with van der Waals surface area (Å²) in [6.45, 7) is 3.24. The van der Waals surface area contributed by atoms with Crippen molar-refractivity contribution in [3.8, 4) is 0 Å². The van der Waals surface area contributed by atoms with Gasteiger partial charge in [0.15, 0.2) is 0 Å². The molecule has 0 radical (unpaired) electrons. The fourth-order valence-electron chi connectivity index (χ4n) is 3.30. The minimum Gasteiger partial charge on any atom is -0.368 e. The van der Waals surface area contributed by atoms with Crippen LogP contribution in [-0.4, -0.2) is 32.6 Å². The Kier molecular flexibility index (Phi) is 4.79. The lowest BCUT2D eigenvalue weighted by molar-refractivity contribution is 0.708. The fraction of sp³-hybridized carbons (Fsp3) is 0.316. The van der Waals surface area contributed by atoms with Gasteiger partial charge < -0.3 is 20.9 Å². The number of fused-ring (bicyclic) bond motifs is 1. The molecule has 26 heavy (non-hydrogen) atoms. The van der Waals surface area contributed by atoms with Crippen LogP contribution >= 0.6 is 0 Å². The van der Waals surface area contributed by atoms with Gasteiger partial charge in [-0.1, -0.05) is 30.3 Å². The minimum atomic E-state index is 0.320. The first-order chi connectivity index (χ1) is 12.8. The highest BCUT2D eigenvalue weighted by molar-refractivity contribution is 5.50. The van der Waals surface area contributed by atoms with Crippen LogP contribution < -0.4 is 16.4 Å². The molecule has 0 spiro atoms. The predicted octanol–water partition coefficient (Wildman–Crippen LogP) is 1.60. The number of nitrogens with two attached hydrogens (primary N) is 1. The van der Waals surface area contributed by atoms with Crippen LogP contribution in [0.25, 0.3) is 0 Å². The van der Waals surface area contributed by atoms with Gasteiger partial charge in [0.05, 0.1) is 12.2 Å². The highest BCUT2D eigenvalue weighted by atomic mass is 15.1. The number of nitrogen functional groups attached to an aromatic ring is 1. The largest absolute Gasteiger partial charge is 0.368 e. The van der Waals surface area contributed by atoms with Gasteiger partial charge in [0.2, 0.25) is 5.95 Å². The normalized spacial score (nSPS) is 13.8. The second-order valence-electron chi connectivity index (χ2n) is 6.42. The molecule has 7 heteroatoms. The molecule has 0 saturated heterocycles. The highest BCUT2D eigenvalue weighted by Crippen LogP contribution is 2.21. The van der Waals surface area contributed by atoms with E-state index in [-0.39, 0.29) is 0 Å². The lowest BCUT2D eigenvalue weighted by atomic mass is 10.1. The van der Waals surface area contributed by atoms with E-state index in [4.69, 9.17) is 5.73 Å². The monoisotopic (exact) mass is 349 g/mol. The lowest BCUT2D eigenvalue weighted by Crippen LogP contribution is -2.16. The molecule has 0 bridgehead atoms. The Balaban J connectivity index is 1.52. The zero-order valence-corrected chi connectivity index (χ0v) is 14.7.